The van der Waals surface area contributed by atoms with Gasteiger partial charge in [0, 0.05) is 0 Å². The average molecular weight is 300 g/mol. The van der Waals surface area contributed by atoms with Gasteiger partial charge in [0.25, 0.3) is 0 Å². The molecule has 0 saturated carbocycles. The van der Waals surface area contributed by atoms with Gasteiger partial charge in [0.05, 0.1) is 31.0 Å². The Bertz CT molecular complexity index is 542. The van der Waals surface area contributed by atoms with E-state index < -0.39 is 23.2 Å². The van der Waals surface area contributed by atoms with Gasteiger partial charge in [-0.05, 0) is 25.1 Å². The Morgan fingerprint density at radius 1 is 1.15 bits per heavy atom. The molecule has 1 rings (SSSR count). The second-order valence-electron chi connectivity index (χ2n) is 3.85. The maximum Gasteiger partial charge on any atom is 0.339 e. The SMILES string of the molecule is COC(=O)c1ccc(C(=O)OC)c(NC(=O)[C@H](C)Cl)c1. The number of alkyl halides is 1. The van der Waals surface area contributed by atoms with Gasteiger partial charge in [0.2, 0.25) is 5.91 Å². The summed E-state index contributed by atoms with van der Waals surface area (Å²) in [7, 11) is 2.45. The molecule has 7 heteroatoms. The summed E-state index contributed by atoms with van der Waals surface area (Å²) in [5.41, 5.74) is 0.445. The van der Waals surface area contributed by atoms with Crippen molar-refractivity contribution in [3.63, 3.8) is 0 Å². The maximum absolute atomic E-state index is 11.6. The van der Waals surface area contributed by atoms with Crippen LogP contribution in [0.2, 0.25) is 0 Å². The molecule has 0 aliphatic carbocycles. The van der Waals surface area contributed by atoms with Gasteiger partial charge in [-0.15, -0.1) is 11.6 Å². The van der Waals surface area contributed by atoms with Crippen LogP contribution in [-0.4, -0.2) is 37.4 Å². The van der Waals surface area contributed by atoms with Crippen molar-refractivity contribution >= 4 is 35.1 Å². The van der Waals surface area contributed by atoms with Gasteiger partial charge < -0.3 is 14.8 Å². The molecule has 0 aliphatic rings. The minimum Gasteiger partial charge on any atom is -0.465 e. The van der Waals surface area contributed by atoms with Crippen LogP contribution < -0.4 is 5.32 Å². The molecule has 20 heavy (non-hydrogen) atoms. The Balaban J connectivity index is 3.22. The lowest BCUT2D eigenvalue weighted by Gasteiger charge is -2.12. The molecule has 108 valence electrons. The molecule has 1 amide bonds. The first-order chi connectivity index (χ1) is 9.40. The van der Waals surface area contributed by atoms with Crippen molar-refractivity contribution < 1.29 is 23.9 Å². The van der Waals surface area contributed by atoms with Crippen LogP contribution >= 0.6 is 11.6 Å². The normalized spacial score (nSPS) is 11.4. The van der Waals surface area contributed by atoms with E-state index in [4.69, 9.17) is 11.6 Å². The van der Waals surface area contributed by atoms with Crippen LogP contribution in [-0.2, 0) is 14.3 Å². The Labute approximate surface area is 121 Å². The van der Waals surface area contributed by atoms with E-state index in [1.165, 1.54) is 39.3 Å². The number of hydrogen-bond acceptors (Lipinski definition) is 5. The van der Waals surface area contributed by atoms with E-state index in [1.807, 2.05) is 0 Å². The molecule has 1 aromatic carbocycles. The van der Waals surface area contributed by atoms with Crippen molar-refractivity contribution in [2.24, 2.45) is 0 Å². The highest BCUT2D eigenvalue weighted by Gasteiger charge is 2.18. The van der Waals surface area contributed by atoms with Crippen molar-refractivity contribution in [3.05, 3.63) is 29.3 Å². The number of benzene rings is 1. The first kappa shape index (κ1) is 16.0. The van der Waals surface area contributed by atoms with Crippen LogP contribution in [0.25, 0.3) is 0 Å². The van der Waals surface area contributed by atoms with E-state index in [0.717, 1.165) is 0 Å². The average Bonchev–Trinajstić information content (AvgIpc) is 2.45. The molecule has 0 spiro atoms. The molecule has 1 atom stereocenters. The van der Waals surface area contributed by atoms with Gasteiger partial charge in [-0.3, -0.25) is 4.79 Å². The smallest absolute Gasteiger partial charge is 0.339 e. The molecule has 1 aromatic rings. The zero-order valence-electron chi connectivity index (χ0n) is 11.2. The third kappa shape index (κ3) is 3.71. The summed E-state index contributed by atoms with van der Waals surface area (Å²) < 4.78 is 9.18. The van der Waals surface area contributed by atoms with E-state index in [1.54, 1.807) is 0 Å². The summed E-state index contributed by atoms with van der Waals surface area (Å²) in [6.07, 6.45) is 0. The van der Waals surface area contributed by atoms with Crippen LogP contribution in [0.15, 0.2) is 18.2 Å². The second kappa shape index (κ2) is 6.91. The van der Waals surface area contributed by atoms with Crippen molar-refractivity contribution in [2.45, 2.75) is 12.3 Å². The number of anilines is 1. The topological polar surface area (TPSA) is 81.7 Å². The molecule has 0 aromatic heterocycles. The third-order valence-electron chi connectivity index (χ3n) is 2.47. The van der Waals surface area contributed by atoms with E-state index >= 15 is 0 Å². The van der Waals surface area contributed by atoms with Crippen LogP contribution in [0.1, 0.15) is 27.6 Å². The predicted molar refractivity (Wildman–Crippen MR) is 73.1 cm³/mol. The van der Waals surface area contributed by atoms with Gasteiger partial charge in [0.15, 0.2) is 0 Å². The highest BCUT2D eigenvalue weighted by molar-refractivity contribution is 6.32. The number of rotatable bonds is 4. The number of ether oxygens (including phenoxy) is 2. The summed E-state index contributed by atoms with van der Waals surface area (Å²) in [6.45, 7) is 1.48. The fourth-order valence-electron chi connectivity index (χ4n) is 1.41. The molecule has 0 radical (unpaired) electrons. The first-order valence-corrected chi connectivity index (χ1v) is 6.10. The molecule has 0 fully saturated rings. The van der Waals surface area contributed by atoms with Crippen molar-refractivity contribution in [1.29, 1.82) is 0 Å². The number of esters is 2. The zero-order chi connectivity index (χ0) is 15.3. The van der Waals surface area contributed by atoms with Crippen molar-refractivity contribution in [2.75, 3.05) is 19.5 Å². The van der Waals surface area contributed by atoms with Crippen LogP contribution in [0.4, 0.5) is 5.69 Å². The Kier molecular flexibility index (Phi) is 5.52. The number of halogens is 1. The molecule has 0 unspecified atom stereocenters. The molecule has 0 aliphatic heterocycles. The first-order valence-electron chi connectivity index (χ1n) is 5.66. The number of amides is 1. The van der Waals surface area contributed by atoms with Gasteiger partial charge in [0.1, 0.15) is 5.38 Å². The standard InChI is InChI=1S/C13H14ClNO5/c1-7(14)11(16)15-10-6-8(12(17)19-2)4-5-9(10)13(18)20-3/h4-7H,1-3H3,(H,15,16)/t7-/m0/s1. The van der Waals surface area contributed by atoms with Gasteiger partial charge in [-0.25, -0.2) is 9.59 Å². The van der Waals surface area contributed by atoms with E-state index in [-0.39, 0.29) is 16.8 Å². The highest BCUT2D eigenvalue weighted by Crippen LogP contribution is 2.20. The number of carbonyl (C=O) groups is 3. The van der Waals surface area contributed by atoms with Crippen molar-refractivity contribution in [3.8, 4) is 0 Å². The lowest BCUT2D eigenvalue weighted by Crippen LogP contribution is -2.22. The third-order valence-corrected chi connectivity index (χ3v) is 2.66. The van der Waals surface area contributed by atoms with E-state index in [9.17, 15) is 14.4 Å². The molecular weight excluding hydrogens is 286 g/mol. The van der Waals surface area contributed by atoms with E-state index in [2.05, 4.69) is 14.8 Å². The molecule has 6 nitrogen and oxygen atoms in total. The molecule has 1 N–H and O–H groups in total. The Morgan fingerprint density at radius 2 is 1.75 bits per heavy atom. The van der Waals surface area contributed by atoms with Gasteiger partial charge in [-0.1, -0.05) is 0 Å². The molecule has 0 bridgehead atoms. The number of methoxy groups -OCH3 is 2. The van der Waals surface area contributed by atoms with Crippen LogP contribution in [0.3, 0.4) is 0 Å². The number of carbonyl (C=O) groups excluding carboxylic acids is 3. The van der Waals surface area contributed by atoms with Gasteiger partial charge in [-0.2, -0.15) is 0 Å². The fourth-order valence-corrected chi connectivity index (χ4v) is 1.47. The highest BCUT2D eigenvalue weighted by atomic mass is 35.5. The van der Waals surface area contributed by atoms with Gasteiger partial charge >= 0.3 is 11.9 Å². The number of nitrogens with one attached hydrogen (secondary N) is 1. The van der Waals surface area contributed by atoms with E-state index in [0.29, 0.717) is 0 Å². The number of hydrogen-bond donors (Lipinski definition) is 1. The second-order valence-corrected chi connectivity index (χ2v) is 4.50. The van der Waals surface area contributed by atoms with Crippen LogP contribution in [0, 0.1) is 0 Å². The zero-order valence-corrected chi connectivity index (χ0v) is 12.0. The van der Waals surface area contributed by atoms with Crippen molar-refractivity contribution in [1.82, 2.24) is 0 Å². The summed E-state index contributed by atoms with van der Waals surface area (Å²) >= 11 is 5.65. The molecular formula is C13H14ClNO5. The lowest BCUT2D eigenvalue weighted by atomic mass is 10.1. The van der Waals surface area contributed by atoms with Crippen LogP contribution in [0.5, 0.6) is 0 Å². The summed E-state index contributed by atoms with van der Waals surface area (Å²) in [6, 6.07) is 4.10. The minimum absolute atomic E-state index is 0.116. The largest absolute Gasteiger partial charge is 0.465 e. The fraction of sp³-hybridized carbons (Fsp3) is 0.308. The molecule has 0 heterocycles. The Hall–Kier alpha value is -2.08. The minimum atomic E-state index is -0.790. The quantitative estimate of drug-likeness (QED) is 0.677. The predicted octanol–water partition coefficient (Wildman–Crippen LogP) is 1.83. The Morgan fingerprint density at radius 3 is 2.25 bits per heavy atom. The summed E-state index contributed by atoms with van der Waals surface area (Å²) in [5.74, 6) is -1.73. The maximum atomic E-state index is 11.6. The summed E-state index contributed by atoms with van der Waals surface area (Å²) in [4.78, 5) is 34.7. The summed E-state index contributed by atoms with van der Waals surface area (Å²) in [5, 5.41) is 1.68. The molecule has 0 saturated heterocycles. The lowest BCUT2D eigenvalue weighted by molar-refractivity contribution is -0.115. The monoisotopic (exact) mass is 299 g/mol.